The van der Waals surface area contributed by atoms with E-state index >= 15 is 0 Å². The third-order valence-corrected chi connectivity index (χ3v) is 9.62. The van der Waals surface area contributed by atoms with Crippen LogP contribution in [0, 0.1) is 0 Å². The Balaban J connectivity index is 1.32. The van der Waals surface area contributed by atoms with Crippen molar-refractivity contribution in [2.24, 2.45) is 0 Å². The summed E-state index contributed by atoms with van der Waals surface area (Å²) in [6.45, 7) is 0. The monoisotopic (exact) mass is 639 g/mol. The summed E-state index contributed by atoms with van der Waals surface area (Å²) in [6, 6.07) is 61.3. The predicted molar refractivity (Wildman–Crippen MR) is 205 cm³/mol. The lowest BCUT2D eigenvalue weighted by Gasteiger charge is -2.11. The van der Waals surface area contributed by atoms with Crippen molar-refractivity contribution in [3.63, 3.8) is 0 Å². The normalized spacial score (nSPS) is 11.6. The van der Waals surface area contributed by atoms with E-state index in [9.17, 15) is 0 Å². The highest BCUT2D eigenvalue weighted by molar-refractivity contribution is 6.18. The molecule has 0 aliphatic carbocycles. The summed E-state index contributed by atoms with van der Waals surface area (Å²) in [5, 5.41) is 4.43. The van der Waals surface area contributed by atoms with Crippen LogP contribution in [-0.2, 0) is 0 Å². The third kappa shape index (κ3) is 4.54. The summed E-state index contributed by atoms with van der Waals surface area (Å²) in [5.74, 6) is 0.687. The fourth-order valence-corrected chi connectivity index (χ4v) is 7.35. The van der Waals surface area contributed by atoms with Crippen LogP contribution in [0.5, 0.6) is 0 Å². The Labute approximate surface area is 288 Å². The van der Waals surface area contributed by atoms with Gasteiger partial charge in [0.15, 0.2) is 5.82 Å². The van der Waals surface area contributed by atoms with Crippen molar-refractivity contribution in [2.75, 3.05) is 0 Å². The second-order valence-corrected chi connectivity index (χ2v) is 12.6. The van der Waals surface area contributed by atoms with Crippen molar-refractivity contribution in [3.8, 4) is 50.7 Å². The highest BCUT2D eigenvalue weighted by Crippen LogP contribution is 2.43. The summed E-state index contributed by atoms with van der Waals surface area (Å²) in [6.07, 6.45) is 0. The minimum atomic E-state index is 0.687. The number of rotatable bonds is 5. The van der Waals surface area contributed by atoms with Gasteiger partial charge in [0.1, 0.15) is 11.2 Å². The van der Waals surface area contributed by atoms with Gasteiger partial charge in [-0.2, -0.15) is 0 Å². The molecule has 4 nitrogen and oxygen atoms in total. The number of nitrogens with zero attached hydrogens (tertiary/aromatic N) is 3. The molecule has 0 radical (unpaired) electrons. The van der Waals surface area contributed by atoms with E-state index in [4.69, 9.17) is 14.4 Å². The Hall–Kier alpha value is -6.78. The second kappa shape index (κ2) is 11.4. The lowest BCUT2D eigenvalue weighted by atomic mass is 10.00. The third-order valence-electron chi connectivity index (χ3n) is 9.62. The first kappa shape index (κ1) is 28.3. The topological polar surface area (TPSA) is 43.9 Å². The lowest BCUT2D eigenvalue weighted by molar-refractivity contribution is 0.669. The maximum atomic E-state index is 6.36. The zero-order valence-corrected chi connectivity index (χ0v) is 27.0. The molecular formula is C46H29N3O. The van der Waals surface area contributed by atoms with Gasteiger partial charge in [-0.1, -0.05) is 133 Å². The molecule has 50 heavy (non-hydrogen) atoms. The standard InChI is InChI=1S/C46H29N3O/c1-4-14-30(15-5-1)33-26-27-39-36(28-33)44-35(46-47-37(31-16-6-2-7-17-31)29-38(48-46)32-18-8-3-9-19-32)21-12-22-40(44)49(39)41-23-13-25-43-45(41)34-20-10-11-24-42(34)50-43/h1-29H. The average molecular weight is 640 g/mol. The van der Waals surface area contributed by atoms with Gasteiger partial charge in [-0.05, 0) is 53.6 Å². The number of hydrogen-bond donors (Lipinski definition) is 0. The molecule has 0 spiro atoms. The fraction of sp³-hybridized carbons (Fsp3) is 0. The van der Waals surface area contributed by atoms with Crippen LogP contribution in [0.4, 0.5) is 0 Å². The van der Waals surface area contributed by atoms with Gasteiger partial charge in [0.05, 0.1) is 33.5 Å². The number of benzene rings is 7. The Morgan fingerprint density at radius 3 is 1.74 bits per heavy atom. The molecule has 234 valence electrons. The molecule has 3 heterocycles. The number of aromatic nitrogens is 3. The maximum absolute atomic E-state index is 6.36. The van der Waals surface area contributed by atoms with Gasteiger partial charge >= 0.3 is 0 Å². The Morgan fingerprint density at radius 2 is 1.02 bits per heavy atom. The van der Waals surface area contributed by atoms with Crippen molar-refractivity contribution in [1.29, 1.82) is 0 Å². The molecule has 7 aromatic carbocycles. The summed E-state index contributed by atoms with van der Waals surface area (Å²) in [7, 11) is 0. The number of para-hydroxylation sites is 1. The van der Waals surface area contributed by atoms with Crippen molar-refractivity contribution in [1.82, 2.24) is 14.5 Å². The molecule has 0 atom stereocenters. The molecule has 0 saturated heterocycles. The van der Waals surface area contributed by atoms with E-state index in [1.54, 1.807) is 0 Å². The van der Waals surface area contributed by atoms with Crippen molar-refractivity contribution in [2.45, 2.75) is 0 Å². The van der Waals surface area contributed by atoms with E-state index in [0.717, 1.165) is 83.1 Å². The van der Waals surface area contributed by atoms with Gasteiger partial charge in [-0.25, -0.2) is 9.97 Å². The summed E-state index contributed by atoms with van der Waals surface area (Å²) >= 11 is 0. The zero-order chi connectivity index (χ0) is 33.0. The smallest absolute Gasteiger partial charge is 0.161 e. The first-order valence-corrected chi connectivity index (χ1v) is 16.8. The van der Waals surface area contributed by atoms with E-state index in [-0.39, 0.29) is 0 Å². The minimum Gasteiger partial charge on any atom is -0.456 e. The van der Waals surface area contributed by atoms with Gasteiger partial charge in [0.2, 0.25) is 0 Å². The van der Waals surface area contributed by atoms with Crippen molar-refractivity contribution < 1.29 is 4.42 Å². The van der Waals surface area contributed by atoms with Crippen LogP contribution in [-0.4, -0.2) is 14.5 Å². The van der Waals surface area contributed by atoms with E-state index in [1.165, 1.54) is 5.56 Å². The molecule has 0 unspecified atom stereocenters. The summed E-state index contributed by atoms with van der Waals surface area (Å²) < 4.78 is 8.74. The zero-order valence-electron chi connectivity index (χ0n) is 27.0. The number of fused-ring (bicyclic) bond motifs is 6. The molecule has 0 amide bonds. The van der Waals surface area contributed by atoms with E-state index in [1.807, 2.05) is 24.3 Å². The van der Waals surface area contributed by atoms with E-state index < -0.39 is 0 Å². The van der Waals surface area contributed by atoms with Gasteiger partial charge in [0, 0.05) is 32.8 Å². The van der Waals surface area contributed by atoms with Gasteiger partial charge in [-0.15, -0.1) is 0 Å². The van der Waals surface area contributed by atoms with E-state index in [2.05, 4.69) is 156 Å². The molecule has 0 bridgehead atoms. The van der Waals surface area contributed by atoms with E-state index in [0.29, 0.717) is 5.82 Å². The second-order valence-electron chi connectivity index (χ2n) is 12.6. The number of hydrogen-bond acceptors (Lipinski definition) is 3. The van der Waals surface area contributed by atoms with Gasteiger partial charge in [-0.3, -0.25) is 0 Å². The lowest BCUT2D eigenvalue weighted by Crippen LogP contribution is -1.97. The first-order valence-electron chi connectivity index (χ1n) is 16.8. The highest BCUT2D eigenvalue weighted by Gasteiger charge is 2.22. The largest absolute Gasteiger partial charge is 0.456 e. The molecule has 3 aromatic heterocycles. The maximum Gasteiger partial charge on any atom is 0.161 e. The molecule has 0 N–H and O–H groups in total. The SMILES string of the molecule is c1ccc(-c2ccc3c(c2)c2c(-c4nc(-c5ccccc5)cc(-c5ccccc5)n4)cccc2n3-c2cccc3oc4ccccc4c23)cc1. The van der Waals surface area contributed by atoms with Gasteiger partial charge < -0.3 is 8.98 Å². The fourth-order valence-electron chi connectivity index (χ4n) is 7.35. The summed E-state index contributed by atoms with van der Waals surface area (Å²) in [5.41, 5.74) is 12.2. The molecule has 0 aliphatic rings. The molecule has 0 aliphatic heterocycles. The molecule has 0 fully saturated rings. The van der Waals surface area contributed by atoms with Crippen molar-refractivity contribution in [3.05, 3.63) is 176 Å². The van der Waals surface area contributed by atoms with Gasteiger partial charge in [0.25, 0.3) is 0 Å². The Kier molecular flexibility index (Phi) is 6.46. The Morgan fingerprint density at radius 1 is 0.400 bits per heavy atom. The quantitative estimate of drug-likeness (QED) is 0.188. The minimum absolute atomic E-state index is 0.687. The van der Waals surface area contributed by atoms with Crippen LogP contribution in [0.15, 0.2) is 180 Å². The molecule has 4 heteroatoms. The van der Waals surface area contributed by atoms with Crippen molar-refractivity contribution >= 4 is 43.7 Å². The van der Waals surface area contributed by atoms with Crippen LogP contribution in [0.25, 0.3) is 94.5 Å². The predicted octanol–water partition coefficient (Wildman–Crippen LogP) is 12.1. The molecule has 10 rings (SSSR count). The number of furan rings is 1. The average Bonchev–Trinajstić information content (AvgIpc) is 3.74. The molecule has 0 saturated carbocycles. The van der Waals surface area contributed by atoms with Crippen LogP contribution in [0.2, 0.25) is 0 Å². The molecule has 10 aromatic rings. The van der Waals surface area contributed by atoms with Crippen LogP contribution >= 0.6 is 0 Å². The highest BCUT2D eigenvalue weighted by atomic mass is 16.3. The first-order chi connectivity index (χ1) is 24.8. The summed E-state index contributed by atoms with van der Waals surface area (Å²) in [4.78, 5) is 10.5. The van der Waals surface area contributed by atoms with Crippen LogP contribution in [0.3, 0.4) is 0 Å². The van der Waals surface area contributed by atoms with Crippen LogP contribution < -0.4 is 0 Å². The molecular weight excluding hydrogens is 611 g/mol. The Bertz CT molecular complexity index is 2800. The van der Waals surface area contributed by atoms with Crippen LogP contribution in [0.1, 0.15) is 0 Å².